The fraction of sp³-hybridized carbons (Fsp3) is 0.407. The van der Waals surface area contributed by atoms with Crippen LogP contribution in [0.1, 0.15) is 60.7 Å². The van der Waals surface area contributed by atoms with Crippen molar-refractivity contribution < 1.29 is 37.3 Å². The molecule has 1 saturated heterocycles. The summed E-state index contributed by atoms with van der Waals surface area (Å²) >= 11 is 9.86. The molecule has 1 amide bonds. The molecule has 2 aromatic carbocycles. The van der Waals surface area contributed by atoms with Crippen LogP contribution in [0.4, 0.5) is 13.2 Å². The highest BCUT2D eigenvalue weighted by atomic mass is 79.9. The lowest BCUT2D eigenvalue weighted by Gasteiger charge is -2.32. The van der Waals surface area contributed by atoms with E-state index in [9.17, 15) is 22.8 Å². The molecule has 41 heavy (non-hydrogen) atoms. The number of fused-ring (bicyclic) bond motifs is 3. The zero-order chi connectivity index (χ0) is 29.5. The number of carboxylic acid groups (broad SMARTS) is 1. The number of aliphatic carboxylic acids is 1. The van der Waals surface area contributed by atoms with Crippen molar-refractivity contribution in [1.82, 2.24) is 19.7 Å². The zero-order valence-electron chi connectivity index (χ0n) is 21.7. The molecule has 0 unspecified atom stereocenters. The second kappa shape index (κ2) is 11.6. The Hall–Kier alpha value is -3.16. The van der Waals surface area contributed by atoms with Gasteiger partial charge in [0.1, 0.15) is 18.0 Å². The lowest BCUT2D eigenvalue weighted by atomic mass is 9.93. The van der Waals surface area contributed by atoms with Gasteiger partial charge in [-0.3, -0.25) is 14.2 Å². The van der Waals surface area contributed by atoms with Crippen LogP contribution in [-0.4, -0.2) is 56.8 Å². The summed E-state index contributed by atoms with van der Waals surface area (Å²) in [6.45, 7) is 0.676. The summed E-state index contributed by atoms with van der Waals surface area (Å²) in [5, 5.41) is 16.7. The minimum atomic E-state index is -4.85. The van der Waals surface area contributed by atoms with Gasteiger partial charge < -0.3 is 19.5 Å². The van der Waals surface area contributed by atoms with Gasteiger partial charge in [0.2, 0.25) is 11.7 Å². The highest BCUT2D eigenvalue weighted by molar-refractivity contribution is 9.10. The quantitative estimate of drug-likeness (QED) is 0.348. The van der Waals surface area contributed by atoms with Crippen LogP contribution < -0.4 is 4.74 Å². The number of carbonyl (C=O) groups excluding carboxylic acids is 1. The normalized spacial score (nSPS) is 19.3. The number of carboxylic acids is 1. The van der Waals surface area contributed by atoms with Crippen molar-refractivity contribution in [1.29, 1.82) is 0 Å². The van der Waals surface area contributed by atoms with Gasteiger partial charge in [-0.2, -0.15) is 13.2 Å². The number of alkyl halides is 3. The molecule has 218 valence electrons. The van der Waals surface area contributed by atoms with Crippen LogP contribution in [0.15, 0.2) is 40.9 Å². The maximum absolute atomic E-state index is 14.2. The fourth-order valence-corrected chi connectivity index (χ4v) is 6.17. The number of aromatic nitrogens is 3. The number of amides is 1. The van der Waals surface area contributed by atoms with Crippen molar-refractivity contribution in [2.24, 2.45) is 5.92 Å². The summed E-state index contributed by atoms with van der Waals surface area (Å²) in [4.78, 5) is 26.1. The van der Waals surface area contributed by atoms with Crippen molar-refractivity contribution >= 4 is 39.4 Å². The number of rotatable bonds is 6. The van der Waals surface area contributed by atoms with Crippen LogP contribution in [0.25, 0.3) is 5.69 Å². The number of methoxy groups -OCH3 is 1. The van der Waals surface area contributed by atoms with Gasteiger partial charge in [0, 0.05) is 35.7 Å². The first-order valence-corrected chi connectivity index (χ1v) is 13.9. The summed E-state index contributed by atoms with van der Waals surface area (Å²) in [6, 6.07) is 9.62. The van der Waals surface area contributed by atoms with Crippen LogP contribution in [0, 0.1) is 5.92 Å². The first-order chi connectivity index (χ1) is 19.5. The van der Waals surface area contributed by atoms with E-state index in [4.69, 9.17) is 26.2 Å². The molecular formula is C27H25BrClF3N4O5. The van der Waals surface area contributed by atoms with E-state index in [1.54, 1.807) is 23.1 Å². The molecule has 0 spiro atoms. The molecule has 0 bridgehead atoms. The van der Waals surface area contributed by atoms with Gasteiger partial charge in [0.15, 0.2) is 5.82 Å². The Kier molecular flexibility index (Phi) is 8.31. The summed E-state index contributed by atoms with van der Waals surface area (Å²) in [7, 11) is 1.49. The monoisotopic (exact) mass is 656 g/mol. The molecule has 3 aromatic rings. The first kappa shape index (κ1) is 29.3. The van der Waals surface area contributed by atoms with E-state index in [1.165, 1.54) is 25.3 Å². The second-order valence-corrected chi connectivity index (χ2v) is 11.1. The van der Waals surface area contributed by atoms with Crippen molar-refractivity contribution in [3.8, 4) is 11.4 Å². The number of halogens is 5. The molecule has 0 saturated carbocycles. The van der Waals surface area contributed by atoms with Gasteiger partial charge in [0.25, 0.3) is 0 Å². The molecule has 0 radical (unpaired) electrons. The first-order valence-electron chi connectivity index (χ1n) is 12.8. The van der Waals surface area contributed by atoms with Crippen LogP contribution >= 0.6 is 27.5 Å². The molecule has 5 rings (SSSR count). The number of carbonyl (C=O) groups is 2. The Morgan fingerprint density at radius 2 is 1.88 bits per heavy atom. The smallest absolute Gasteiger partial charge is 0.452 e. The predicted molar refractivity (Wildman–Crippen MR) is 144 cm³/mol. The maximum Gasteiger partial charge on any atom is 0.452 e. The van der Waals surface area contributed by atoms with Crippen LogP contribution in [0.3, 0.4) is 0 Å². The average molecular weight is 658 g/mol. The fourth-order valence-electron chi connectivity index (χ4n) is 5.35. The predicted octanol–water partition coefficient (Wildman–Crippen LogP) is 5.97. The Labute approximate surface area is 246 Å². The molecule has 3 heterocycles. The third-order valence-electron chi connectivity index (χ3n) is 7.33. The van der Waals surface area contributed by atoms with E-state index < -0.39 is 30.2 Å². The summed E-state index contributed by atoms with van der Waals surface area (Å²) in [6.07, 6.45) is -6.27. The second-order valence-electron chi connectivity index (χ2n) is 9.91. The van der Waals surface area contributed by atoms with Crippen LogP contribution in [0.2, 0.25) is 5.02 Å². The van der Waals surface area contributed by atoms with Gasteiger partial charge >= 0.3 is 12.1 Å². The van der Waals surface area contributed by atoms with E-state index in [1.807, 2.05) is 0 Å². The van der Waals surface area contributed by atoms with Crippen LogP contribution in [0.5, 0.6) is 5.75 Å². The van der Waals surface area contributed by atoms with E-state index in [0.717, 1.165) is 4.57 Å². The largest absolute Gasteiger partial charge is 0.496 e. The SMILES string of the molecule is COc1cccc([C@H]2O[C@H](CC(=O)N3CCC(CC(=O)O)CC3)c3nnc(C(F)(F)F)n3-c3ccc(Cl)cc32)c1Br. The lowest BCUT2D eigenvalue weighted by Crippen LogP contribution is -2.39. The molecule has 2 atom stereocenters. The van der Waals surface area contributed by atoms with Gasteiger partial charge in [-0.05, 0) is 59.0 Å². The van der Waals surface area contributed by atoms with Gasteiger partial charge in [-0.1, -0.05) is 23.7 Å². The highest BCUT2D eigenvalue weighted by Gasteiger charge is 2.44. The standard InChI is InChI=1S/C27H25BrClF3N4O5/c1-40-19-4-2-3-16(23(19)28)24-17-12-15(29)5-6-18(17)36-25(33-34-26(36)27(30,31)32)20(41-24)13-21(37)35-9-7-14(8-10-35)11-22(38)39/h2-6,12,14,20,24H,7-11,13H2,1H3,(H,38,39)/t20-,24-/m1/s1. The van der Waals surface area contributed by atoms with E-state index in [0.29, 0.717) is 47.3 Å². The van der Waals surface area contributed by atoms with Crippen molar-refractivity contribution in [3.05, 3.63) is 68.7 Å². The average Bonchev–Trinajstić information content (AvgIpc) is 3.32. The maximum atomic E-state index is 14.2. The number of benzene rings is 2. The molecule has 1 fully saturated rings. The van der Waals surface area contributed by atoms with Gasteiger partial charge in [-0.25, -0.2) is 0 Å². The Morgan fingerprint density at radius 3 is 2.54 bits per heavy atom. The summed E-state index contributed by atoms with van der Waals surface area (Å²) in [5.74, 6) is -2.23. The zero-order valence-corrected chi connectivity index (χ0v) is 24.0. The topological polar surface area (TPSA) is 107 Å². The molecule has 14 heteroatoms. The van der Waals surface area contributed by atoms with Gasteiger partial charge in [-0.15, -0.1) is 10.2 Å². The number of likely N-dealkylation sites (tertiary alicyclic amines) is 1. The molecule has 2 aliphatic heterocycles. The summed E-state index contributed by atoms with van der Waals surface area (Å²) < 4.78 is 55.9. The minimum Gasteiger partial charge on any atom is -0.496 e. The van der Waals surface area contributed by atoms with Crippen LogP contribution in [-0.2, 0) is 20.5 Å². The molecular weight excluding hydrogens is 633 g/mol. The van der Waals surface area contributed by atoms with E-state index in [2.05, 4.69) is 26.1 Å². The third-order valence-corrected chi connectivity index (χ3v) is 8.41. The van der Waals surface area contributed by atoms with E-state index >= 15 is 0 Å². The molecule has 1 aromatic heterocycles. The molecule has 0 aliphatic carbocycles. The van der Waals surface area contributed by atoms with Crippen molar-refractivity contribution in [2.75, 3.05) is 20.2 Å². The van der Waals surface area contributed by atoms with Crippen molar-refractivity contribution in [3.63, 3.8) is 0 Å². The van der Waals surface area contributed by atoms with E-state index in [-0.39, 0.29) is 41.2 Å². The number of ether oxygens (including phenoxy) is 2. The van der Waals surface area contributed by atoms with Crippen molar-refractivity contribution in [2.45, 2.75) is 44.1 Å². The molecule has 1 N–H and O–H groups in total. The number of hydrogen-bond acceptors (Lipinski definition) is 6. The summed E-state index contributed by atoms with van der Waals surface area (Å²) in [5.41, 5.74) is 0.986. The molecule has 2 aliphatic rings. The number of piperidine rings is 1. The Morgan fingerprint density at radius 1 is 1.15 bits per heavy atom. The minimum absolute atomic E-state index is 0.0228. The Bertz CT molecular complexity index is 1480. The number of nitrogens with zero attached hydrogens (tertiary/aromatic N) is 4. The number of hydrogen-bond donors (Lipinski definition) is 1. The highest BCUT2D eigenvalue weighted by Crippen LogP contribution is 2.46. The molecule has 9 nitrogen and oxygen atoms in total. The van der Waals surface area contributed by atoms with Gasteiger partial charge in [0.05, 0.1) is 23.7 Å². The Balaban J connectivity index is 1.57. The lowest BCUT2D eigenvalue weighted by molar-refractivity contribution is -0.146. The third kappa shape index (κ3) is 5.93.